The van der Waals surface area contributed by atoms with Crippen LogP contribution in [0.1, 0.15) is 16.1 Å². The van der Waals surface area contributed by atoms with Crippen LogP contribution in [-0.2, 0) is 13.6 Å². The second-order valence-electron chi connectivity index (χ2n) is 3.57. The molecule has 17 heavy (non-hydrogen) atoms. The highest BCUT2D eigenvalue weighted by Gasteiger charge is 2.06. The van der Waals surface area contributed by atoms with Gasteiger partial charge in [0.05, 0.1) is 6.20 Å². The van der Waals surface area contributed by atoms with Crippen LogP contribution in [0.3, 0.4) is 0 Å². The van der Waals surface area contributed by atoms with E-state index in [4.69, 9.17) is 0 Å². The summed E-state index contributed by atoms with van der Waals surface area (Å²) in [5.74, 6) is -0.193. The van der Waals surface area contributed by atoms with Gasteiger partial charge in [0.25, 0.3) is 5.91 Å². The minimum Gasteiger partial charge on any atom is -0.347 e. The first-order valence-electron chi connectivity index (χ1n) is 5.02. The van der Waals surface area contributed by atoms with Crippen LogP contribution in [0.5, 0.6) is 0 Å². The monoisotopic (exact) mass is 294 g/mol. The van der Waals surface area contributed by atoms with Crippen molar-refractivity contribution in [3.63, 3.8) is 0 Å². The fourth-order valence-corrected chi connectivity index (χ4v) is 1.58. The summed E-state index contributed by atoms with van der Waals surface area (Å²) >= 11 is 3.27. The van der Waals surface area contributed by atoms with Gasteiger partial charge in [-0.3, -0.25) is 9.48 Å². The highest BCUT2D eigenvalue weighted by Crippen LogP contribution is 2.07. The van der Waals surface area contributed by atoms with Crippen molar-refractivity contribution in [3.8, 4) is 0 Å². The van der Waals surface area contributed by atoms with Crippen LogP contribution in [0.15, 0.2) is 35.2 Å². The van der Waals surface area contributed by atoms with Gasteiger partial charge in [0.15, 0.2) is 0 Å². The van der Waals surface area contributed by atoms with E-state index in [0.717, 1.165) is 10.0 Å². The van der Waals surface area contributed by atoms with Crippen molar-refractivity contribution in [2.75, 3.05) is 0 Å². The number of aromatic nitrogens is 3. The van der Waals surface area contributed by atoms with Gasteiger partial charge in [-0.25, -0.2) is 4.98 Å². The third-order valence-electron chi connectivity index (χ3n) is 2.17. The maximum absolute atomic E-state index is 11.7. The number of aryl methyl sites for hydroxylation is 1. The average Bonchev–Trinajstić information content (AvgIpc) is 2.73. The maximum Gasteiger partial charge on any atom is 0.270 e. The zero-order valence-corrected chi connectivity index (χ0v) is 10.8. The second kappa shape index (κ2) is 5.09. The van der Waals surface area contributed by atoms with Crippen LogP contribution in [0.2, 0.25) is 0 Å². The van der Waals surface area contributed by atoms with Crippen molar-refractivity contribution < 1.29 is 4.79 Å². The van der Waals surface area contributed by atoms with Crippen molar-refractivity contribution in [2.24, 2.45) is 7.05 Å². The Morgan fingerprint density at radius 1 is 1.47 bits per heavy atom. The van der Waals surface area contributed by atoms with Gasteiger partial charge in [0.2, 0.25) is 0 Å². The fraction of sp³-hybridized carbons (Fsp3) is 0.182. The number of hydrogen-bond donors (Lipinski definition) is 1. The van der Waals surface area contributed by atoms with Gasteiger partial charge >= 0.3 is 0 Å². The third-order valence-corrected chi connectivity index (χ3v) is 2.64. The first-order chi connectivity index (χ1) is 8.15. The fourth-order valence-electron chi connectivity index (χ4n) is 1.35. The highest BCUT2D eigenvalue weighted by atomic mass is 79.9. The van der Waals surface area contributed by atoms with E-state index >= 15 is 0 Å². The lowest BCUT2D eigenvalue weighted by molar-refractivity contribution is 0.0946. The second-order valence-corrected chi connectivity index (χ2v) is 4.48. The first-order valence-corrected chi connectivity index (χ1v) is 5.82. The molecule has 5 nitrogen and oxygen atoms in total. The molecule has 1 N–H and O–H groups in total. The number of carbonyl (C=O) groups is 1. The Morgan fingerprint density at radius 2 is 2.29 bits per heavy atom. The van der Waals surface area contributed by atoms with E-state index in [2.05, 4.69) is 31.3 Å². The molecule has 2 rings (SSSR count). The number of carbonyl (C=O) groups excluding carboxylic acids is 1. The van der Waals surface area contributed by atoms with Crippen molar-refractivity contribution in [1.82, 2.24) is 20.1 Å². The number of nitrogens with zero attached hydrogens (tertiary/aromatic N) is 3. The summed E-state index contributed by atoms with van der Waals surface area (Å²) in [5.41, 5.74) is 1.36. The van der Waals surface area contributed by atoms with Crippen molar-refractivity contribution in [3.05, 3.63) is 46.5 Å². The Balaban J connectivity index is 1.95. The van der Waals surface area contributed by atoms with E-state index in [1.54, 1.807) is 29.2 Å². The van der Waals surface area contributed by atoms with Gasteiger partial charge in [0, 0.05) is 36.0 Å². The summed E-state index contributed by atoms with van der Waals surface area (Å²) in [5, 5.41) is 6.80. The van der Waals surface area contributed by atoms with Crippen LogP contribution in [0.25, 0.3) is 0 Å². The number of nitrogens with one attached hydrogen (secondary N) is 1. The minimum absolute atomic E-state index is 0.193. The summed E-state index contributed by atoms with van der Waals surface area (Å²) in [4.78, 5) is 15.7. The zero-order chi connectivity index (χ0) is 12.3. The van der Waals surface area contributed by atoms with Crippen LogP contribution in [-0.4, -0.2) is 20.7 Å². The number of rotatable bonds is 3. The van der Waals surface area contributed by atoms with E-state index in [1.165, 1.54) is 0 Å². The topological polar surface area (TPSA) is 59.8 Å². The largest absolute Gasteiger partial charge is 0.347 e. The molecule has 2 aromatic heterocycles. The molecule has 2 heterocycles. The van der Waals surface area contributed by atoms with Gasteiger partial charge in [-0.1, -0.05) is 0 Å². The molecule has 6 heteroatoms. The van der Waals surface area contributed by atoms with Crippen molar-refractivity contribution in [1.29, 1.82) is 0 Å². The summed E-state index contributed by atoms with van der Waals surface area (Å²) in [6.45, 7) is 0.449. The van der Waals surface area contributed by atoms with E-state index < -0.39 is 0 Å². The predicted molar refractivity (Wildman–Crippen MR) is 66.3 cm³/mol. The lowest BCUT2D eigenvalue weighted by atomic mass is 10.3. The quantitative estimate of drug-likeness (QED) is 0.933. The average molecular weight is 295 g/mol. The van der Waals surface area contributed by atoms with E-state index in [9.17, 15) is 4.79 Å². The van der Waals surface area contributed by atoms with Crippen molar-refractivity contribution >= 4 is 21.8 Å². The molecule has 2 aromatic rings. The number of halogens is 1. The van der Waals surface area contributed by atoms with Gasteiger partial charge in [-0.15, -0.1) is 0 Å². The van der Waals surface area contributed by atoms with E-state index in [1.807, 2.05) is 13.2 Å². The standard InChI is InChI=1S/C11H11BrN4O/c1-16-7-8(5-15-16)4-14-11(17)10-3-2-9(12)6-13-10/h2-3,5-7H,4H2,1H3,(H,14,17). The summed E-state index contributed by atoms with van der Waals surface area (Å²) in [7, 11) is 1.83. The third kappa shape index (κ3) is 3.13. The minimum atomic E-state index is -0.193. The van der Waals surface area contributed by atoms with Gasteiger partial charge < -0.3 is 5.32 Å². The van der Waals surface area contributed by atoms with Gasteiger partial charge in [-0.2, -0.15) is 5.10 Å². The highest BCUT2D eigenvalue weighted by molar-refractivity contribution is 9.10. The molecule has 0 radical (unpaired) electrons. The van der Waals surface area contributed by atoms with Crippen molar-refractivity contribution in [2.45, 2.75) is 6.54 Å². The Morgan fingerprint density at radius 3 is 2.88 bits per heavy atom. The number of pyridine rings is 1. The normalized spacial score (nSPS) is 10.2. The zero-order valence-electron chi connectivity index (χ0n) is 9.22. The molecule has 0 fully saturated rings. The number of amides is 1. The molecule has 0 saturated carbocycles. The molecule has 0 aliphatic carbocycles. The maximum atomic E-state index is 11.7. The molecule has 0 unspecified atom stereocenters. The lowest BCUT2D eigenvalue weighted by Crippen LogP contribution is -2.23. The first kappa shape index (κ1) is 11.8. The summed E-state index contributed by atoms with van der Waals surface area (Å²) < 4.78 is 2.54. The molecule has 88 valence electrons. The smallest absolute Gasteiger partial charge is 0.270 e. The summed E-state index contributed by atoms with van der Waals surface area (Å²) in [6, 6.07) is 3.45. The molecule has 0 aromatic carbocycles. The molecule has 0 aliphatic rings. The van der Waals surface area contributed by atoms with Gasteiger partial charge in [0.1, 0.15) is 5.69 Å². The van der Waals surface area contributed by atoms with E-state index in [0.29, 0.717) is 12.2 Å². The molecule has 0 saturated heterocycles. The van der Waals surface area contributed by atoms with Crippen LogP contribution >= 0.6 is 15.9 Å². The predicted octanol–water partition coefficient (Wildman–Crippen LogP) is 1.51. The number of hydrogen-bond acceptors (Lipinski definition) is 3. The molecule has 0 aliphatic heterocycles. The van der Waals surface area contributed by atoms with E-state index in [-0.39, 0.29) is 5.91 Å². The molecular weight excluding hydrogens is 284 g/mol. The Kier molecular flexibility index (Phi) is 3.53. The van der Waals surface area contributed by atoms with Crippen LogP contribution in [0, 0.1) is 0 Å². The van der Waals surface area contributed by atoms with Crippen LogP contribution < -0.4 is 5.32 Å². The van der Waals surface area contributed by atoms with Gasteiger partial charge in [-0.05, 0) is 28.1 Å². The lowest BCUT2D eigenvalue weighted by Gasteiger charge is -2.02. The Labute approximate surface area is 107 Å². The summed E-state index contributed by atoms with van der Waals surface area (Å²) in [6.07, 6.45) is 5.17. The molecule has 0 bridgehead atoms. The molecule has 0 spiro atoms. The molecule has 1 amide bonds. The van der Waals surface area contributed by atoms with Crippen LogP contribution in [0.4, 0.5) is 0 Å². The molecular formula is C11H11BrN4O. The Bertz CT molecular complexity index is 521. The SMILES string of the molecule is Cn1cc(CNC(=O)c2ccc(Br)cn2)cn1. The Hall–Kier alpha value is -1.69. The molecule has 0 atom stereocenters.